The van der Waals surface area contributed by atoms with Crippen LogP contribution in [-0.2, 0) is 6.54 Å². The van der Waals surface area contributed by atoms with Crippen molar-refractivity contribution in [3.8, 4) is 5.75 Å². The Labute approximate surface area is 153 Å². The number of fused-ring (bicyclic) bond motifs is 2. The second kappa shape index (κ2) is 6.45. The molecule has 1 aliphatic heterocycles. The lowest BCUT2D eigenvalue weighted by Gasteiger charge is -2.22. The van der Waals surface area contributed by atoms with Gasteiger partial charge in [-0.05, 0) is 18.2 Å². The monoisotopic (exact) mass is 375 g/mol. The number of carbonyl (C=O) groups excluding carboxylic acids is 1. The van der Waals surface area contributed by atoms with Gasteiger partial charge in [-0.3, -0.25) is 4.79 Å². The number of nitrogens with one attached hydrogen (secondary N) is 1. The van der Waals surface area contributed by atoms with Gasteiger partial charge in [0, 0.05) is 19.2 Å². The molecule has 3 heterocycles. The van der Waals surface area contributed by atoms with Gasteiger partial charge in [-0.2, -0.15) is 14.8 Å². The van der Waals surface area contributed by atoms with Crippen molar-refractivity contribution in [3.05, 3.63) is 52.6 Å². The number of nitrogens with zero attached hydrogens (tertiary/aromatic N) is 4. The molecule has 4 rings (SSSR count). The maximum absolute atomic E-state index is 13.9. The minimum atomic E-state index is -0.508. The average Bonchev–Trinajstić information content (AvgIpc) is 3.06. The molecule has 1 aliphatic rings. The minimum absolute atomic E-state index is 0.0207. The largest absolute Gasteiger partial charge is 0.491 e. The fourth-order valence-corrected chi connectivity index (χ4v) is 3.07. The van der Waals surface area contributed by atoms with Crippen LogP contribution in [0.4, 0.5) is 10.1 Å². The van der Waals surface area contributed by atoms with Gasteiger partial charge in [-0.25, -0.2) is 4.39 Å². The number of halogens is 2. The highest BCUT2D eigenvalue weighted by Crippen LogP contribution is 2.31. The molecule has 3 aromatic rings. The molecule has 1 amide bonds. The molecule has 2 aromatic heterocycles. The molecule has 0 atom stereocenters. The molecule has 7 nitrogen and oxygen atoms in total. The smallest absolute Gasteiger partial charge is 0.255 e. The van der Waals surface area contributed by atoms with Crippen LogP contribution in [0.1, 0.15) is 15.9 Å². The predicted octanol–water partition coefficient (Wildman–Crippen LogP) is 2.28. The van der Waals surface area contributed by atoms with E-state index in [2.05, 4.69) is 15.5 Å². The van der Waals surface area contributed by atoms with Gasteiger partial charge in [-0.15, -0.1) is 0 Å². The molecule has 0 spiro atoms. The van der Waals surface area contributed by atoms with Crippen molar-refractivity contribution >= 4 is 28.7 Å². The average molecular weight is 376 g/mol. The first kappa shape index (κ1) is 16.6. The van der Waals surface area contributed by atoms with Crippen molar-refractivity contribution < 1.29 is 13.9 Å². The summed E-state index contributed by atoms with van der Waals surface area (Å²) in [7, 11) is 1.83. The van der Waals surface area contributed by atoms with Crippen molar-refractivity contribution in [2.24, 2.45) is 0 Å². The number of aromatic nitrogens is 3. The Morgan fingerprint density at radius 3 is 2.96 bits per heavy atom. The van der Waals surface area contributed by atoms with E-state index in [0.717, 1.165) is 5.69 Å². The van der Waals surface area contributed by atoms with Crippen LogP contribution in [0.3, 0.4) is 0 Å². The highest BCUT2D eigenvalue weighted by molar-refractivity contribution is 6.31. The number of benzene rings is 1. The summed E-state index contributed by atoms with van der Waals surface area (Å²) in [5, 5.41) is 11.1. The summed E-state index contributed by atoms with van der Waals surface area (Å²) in [6, 6.07) is 4.62. The van der Waals surface area contributed by atoms with E-state index < -0.39 is 5.82 Å². The fraction of sp³-hybridized carbons (Fsp3) is 0.235. The zero-order valence-corrected chi connectivity index (χ0v) is 14.6. The van der Waals surface area contributed by atoms with Crippen molar-refractivity contribution in [3.63, 3.8) is 0 Å². The zero-order chi connectivity index (χ0) is 18.3. The quantitative estimate of drug-likeness (QED) is 0.652. The first-order valence-electron chi connectivity index (χ1n) is 7.97. The van der Waals surface area contributed by atoms with Crippen molar-refractivity contribution in [2.75, 3.05) is 25.1 Å². The van der Waals surface area contributed by atoms with Gasteiger partial charge in [0.1, 0.15) is 23.7 Å². The van der Waals surface area contributed by atoms with Crippen molar-refractivity contribution in [2.45, 2.75) is 6.54 Å². The topological polar surface area (TPSA) is 71.8 Å². The van der Waals surface area contributed by atoms with Crippen molar-refractivity contribution in [1.82, 2.24) is 20.1 Å². The molecule has 2 bridgehead atoms. The molecular formula is C17H15ClFN5O2. The van der Waals surface area contributed by atoms with Crippen LogP contribution in [-0.4, -0.2) is 40.9 Å². The lowest BCUT2D eigenvalue weighted by molar-refractivity contribution is 0.0948. The summed E-state index contributed by atoms with van der Waals surface area (Å²) in [6.45, 7) is 0.826. The molecule has 0 aliphatic carbocycles. The van der Waals surface area contributed by atoms with E-state index in [1.807, 2.05) is 11.9 Å². The van der Waals surface area contributed by atoms with Gasteiger partial charge < -0.3 is 15.0 Å². The summed E-state index contributed by atoms with van der Waals surface area (Å²) in [5.74, 6) is -0.290. The first-order valence-corrected chi connectivity index (χ1v) is 8.35. The van der Waals surface area contributed by atoms with Crippen LogP contribution in [0.25, 0.3) is 5.52 Å². The van der Waals surface area contributed by atoms with Crippen LogP contribution in [0.5, 0.6) is 5.75 Å². The summed E-state index contributed by atoms with van der Waals surface area (Å²) >= 11 is 6.17. The number of ether oxygens (including phenoxy) is 1. The van der Waals surface area contributed by atoms with E-state index >= 15 is 0 Å². The number of rotatable bonds is 0. The predicted molar refractivity (Wildman–Crippen MR) is 94.3 cm³/mol. The van der Waals surface area contributed by atoms with E-state index in [1.165, 1.54) is 16.9 Å². The lowest BCUT2D eigenvalue weighted by Crippen LogP contribution is -2.28. The van der Waals surface area contributed by atoms with Gasteiger partial charge in [0.15, 0.2) is 0 Å². The second-order valence-electron chi connectivity index (χ2n) is 5.95. The molecule has 0 fully saturated rings. The summed E-state index contributed by atoms with van der Waals surface area (Å²) < 4.78 is 21.1. The minimum Gasteiger partial charge on any atom is -0.491 e. The van der Waals surface area contributed by atoms with Gasteiger partial charge in [-0.1, -0.05) is 11.6 Å². The van der Waals surface area contributed by atoms with Crippen LogP contribution in [0, 0.1) is 5.82 Å². The molecule has 0 saturated carbocycles. The summed E-state index contributed by atoms with van der Waals surface area (Å²) in [5.41, 5.74) is 2.28. The number of amides is 1. The SMILES string of the molecule is CN1Cc2c(ccc(F)c2Cl)OCCNC(=O)c2cnn3ncc1cc23. The van der Waals surface area contributed by atoms with Gasteiger partial charge >= 0.3 is 0 Å². The third kappa shape index (κ3) is 2.82. The normalized spacial score (nSPS) is 14.9. The molecule has 0 radical (unpaired) electrons. The van der Waals surface area contributed by atoms with E-state index in [4.69, 9.17) is 16.3 Å². The summed E-state index contributed by atoms with van der Waals surface area (Å²) in [6.07, 6.45) is 3.10. The number of hydrogen-bond acceptors (Lipinski definition) is 5. The maximum atomic E-state index is 13.9. The Hall–Kier alpha value is -2.87. The Kier molecular flexibility index (Phi) is 4.12. The highest BCUT2D eigenvalue weighted by Gasteiger charge is 2.19. The van der Waals surface area contributed by atoms with Crippen LogP contribution >= 0.6 is 11.6 Å². The van der Waals surface area contributed by atoms with E-state index in [1.54, 1.807) is 18.3 Å². The number of hydrogen-bond donors (Lipinski definition) is 1. The van der Waals surface area contributed by atoms with Crippen LogP contribution < -0.4 is 15.0 Å². The fourth-order valence-electron chi connectivity index (χ4n) is 2.86. The third-order valence-electron chi connectivity index (χ3n) is 4.25. The van der Waals surface area contributed by atoms with Crippen LogP contribution in [0.2, 0.25) is 5.02 Å². The molecule has 1 N–H and O–H groups in total. The Balaban J connectivity index is 1.83. The molecule has 26 heavy (non-hydrogen) atoms. The van der Waals surface area contributed by atoms with Gasteiger partial charge in [0.05, 0.1) is 35.2 Å². The van der Waals surface area contributed by atoms with Gasteiger partial charge in [0.25, 0.3) is 5.91 Å². The Bertz CT molecular complexity index is 1010. The Morgan fingerprint density at radius 2 is 2.12 bits per heavy atom. The standard InChI is InChI=1S/C17H15ClFN5O2/c1-23-9-12-15(3-2-13(19)16(12)18)26-5-4-20-17(25)11-8-22-24-14(11)6-10(23)7-21-24/h2-3,6-8H,4-5,9H2,1H3,(H,20,25). The van der Waals surface area contributed by atoms with Crippen molar-refractivity contribution in [1.29, 1.82) is 0 Å². The molecule has 9 heteroatoms. The van der Waals surface area contributed by atoms with Crippen LogP contribution in [0.15, 0.2) is 30.6 Å². The molecule has 1 aromatic carbocycles. The second-order valence-corrected chi connectivity index (χ2v) is 6.32. The molecule has 0 saturated heterocycles. The van der Waals surface area contributed by atoms with Gasteiger partial charge in [0.2, 0.25) is 0 Å². The van der Waals surface area contributed by atoms with E-state index in [-0.39, 0.29) is 24.1 Å². The Morgan fingerprint density at radius 1 is 1.31 bits per heavy atom. The first-order chi connectivity index (χ1) is 12.5. The molecule has 134 valence electrons. The number of carbonyl (C=O) groups is 1. The molecule has 0 unspecified atom stereocenters. The van der Waals surface area contributed by atoms with E-state index in [0.29, 0.717) is 28.9 Å². The maximum Gasteiger partial charge on any atom is 0.255 e. The third-order valence-corrected chi connectivity index (χ3v) is 4.66. The molecular weight excluding hydrogens is 361 g/mol. The highest BCUT2D eigenvalue weighted by atomic mass is 35.5. The zero-order valence-electron chi connectivity index (χ0n) is 13.9. The van der Waals surface area contributed by atoms with E-state index in [9.17, 15) is 9.18 Å². The lowest BCUT2D eigenvalue weighted by atomic mass is 10.1. The number of anilines is 1. The summed E-state index contributed by atoms with van der Waals surface area (Å²) in [4.78, 5) is 14.2.